The third-order valence-corrected chi connectivity index (χ3v) is 4.36. The summed E-state index contributed by atoms with van der Waals surface area (Å²) in [5.74, 6) is 0.628. The fourth-order valence-electron chi connectivity index (χ4n) is 3.14. The van der Waals surface area contributed by atoms with Crippen LogP contribution in [-0.2, 0) is 6.54 Å². The molecule has 1 fully saturated rings. The summed E-state index contributed by atoms with van der Waals surface area (Å²) in [6.45, 7) is 4.99. The van der Waals surface area contributed by atoms with E-state index in [1.807, 2.05) is 7.05 Å². The summed E-state index contributed by atoms with van der Waals surface area (Å²) in [6.07, 6.45) is 2.38. The van der Waals surface area contributed by atoms with E-state index in [1.54, 1.807) is 4.90 Å². The first-order valence-electron chi connectivity index (χ1n) is 7.02. The maximum atomic E-state index is 11.8. The number of urea groups is 1. The number of benzene rings is 1. The number of fused-ring (bicyclic) bond motifs is 1. The van der Waals surface area contributed by atoms with Gasteiger partial charge in [0.1, 0.15) is 0 Å². The van der Waals surface area contributed by atoms with Gasteiger partial charge in [-0.05, 0) is 61.5 Å². The number of nitrogens with one attached hydrogen (secondary N) is 2. The van der Waals surface area contributed by atoms with E-state index in [-0.39, 0.29) is 6.03 Å². The van der Waals surface area contributed by atoms with Crippen LogP contribution in [0.1, 0.15) is 35.4 Å². The molecular weight excluding hydrogens is 238 g/mol. The van der Waals surface area contributed by atoms with Crippen LogP contribution < -0.4 is 15.5 Å². The van der Waals surface area contributed by atoms with E-state index in [1.165, 1.54) is 29.5 Å². The molecule has 3 rings (SSSR count). The summed E-state index contributed by atoms with van der Waals surface area (Å²) in [6, 6.07) is 4.52. The van der Waals surface area contributed by atoms with Crippen LogP contribution in [0.15, 0.2) is 12.1 Å². The highest BCUT2D eigenvalue weighted by Crippen LogP contribution is 2.33. The van der Waals surface area contributed by atoms with Crippen molar-refractivity contribution in [1.29, 1.82) is 0 Å². The number of rotatable bonds is 1. The lowest BCUT2D eigenvalue weighted by Crippen LogP contribution is -2.42. The van der Waals surface area contributed by atoms with Gasteiger partial charge in [0.15, 0.2) is 0 Å². The monoisotopic (exact) mass is 259 g/mol. The van der Waals surface area contributed by atoms with E-state index in [4.69, 9.17) is 0 Å². The van der Waals surface area contributed by atoms with Gasteiger partial charge in [-0.15, -0.1) is 0 Å². The first kappa shape index (κ1) is 12.5. The molecule has 0 radical (unpaired) electrons. The zero-order chi connectivity index (χ0) is 13.4. The standard InChI is InChI=1S/C15H21N3O/c1-10-7-12(11-3-5-16-6-4-11)8-14-13(10)9-17-15(19)18(14)2/h7-8,11,16H,3-6,9H2,1-2H3,(H,17,19). The fraction of sp³-hybridized carbons (Fsp3) is 0.533. The molecule has 0 aliphatic carbocycles. The topological polar surface area (TPSA) is 44.4 Å². The van der Waals surface area contributed by atoms with Gasteiger partial charge < -0.3 is 10.6 Å². The zero-order valence-corrected chi connectivity index (χ0v) is 11.6. The van der Waals surface area contributed by atoms with Gasteiger partial charge in [-0.1, -0.05) is 6.07 Å². The summed E-state index contributed by atoms with van der Waals surface area (Å²) in [5.41, 5.74) is 5.01. The SMILES string of the molecule is Cc1cc(C2CCNCC2)cc2c1CNC(=O)N2C. The molecule has 0 spiro atoms. The molecule has 0 atom stereocenters. The van der Waals surface area contributed by atoms with E-state index < -0.39 is 0 Å². The Hall–Kier alpha value is -1.55. The van der Waals surface area contributed by atoms with Crippen molar-refractivity contribution in [3.05, 3.63) is 28.8 Å². The molecule has 2 N–H and O–H groups in total. The predicted molar refractivity (Wildman–Crippen MR) is 76.7 cm³/mol. The normalized spacial score (nSPS) is 20.1. The number of aryl methyl sites for hydroxylation is 1. The molecule has 2 aliphatic heterocycles. The molecular formula is C15H21N3O. The van der Waals surface area contributed by atoms with Gasteiger partial charge in [0.05, 0.1) is 5.69 Å². The van der Waals surface area contributed by atoms with E-state index in [9.17, 15) is 4.79 Å². The molecule has 1 aromatic rings. The number of amides is 2. The van der Waals surface area contributed by atoms with Gasteiger partial charge in [-0.25, -0.2) is 4.79 Å². The van der Waals surface area contributed by atoms with Gasteiger partial charge in [-0.3, -0.25) is 4.90 Å². The maximum absolute atomic E-state index is 11.8. The van der Waals surface area contributed by atoms with Crippen LogP contribution in [0, 0.1) is 6.92 Å². The minimum atomic E-state index is -0.00522. The lowest BCUT2D eigenvalue weighted by atomic mass is 9.87. The van der Waals surface area contributed by atoms with Gasteiger partial charge in [0.25, 0.3) is 0 Å². The van der Waals surface area contributed by atoms with Crippen molar-refractivity contribution in [1.82, 2.24) is 10.6 Å². The highest BCUT2D eigenvalue weighted by molar-refractivity contribution is 5.94. The molecule has 4 nitrogen and oxygen atoms in total. The van der Waals surface area contributed by atoms with Crippen molar-refractivity contribution in [3.8, 4) is 0 Å². The fourth-order valence-corrected chi connectivity index (χ4v) is 3.14. The van der Waals surface area contributed by atoms with Crippen molar-refractivity contribution in [2.24, 2.45) is 0 Å². The van der Waals surface area contributed by atoms with Crippen LogP contribution >= 0.6 is 0 Å². The summed E-state index contributed by atoms with van der Waals surface area (Å²) >= 11 is 0. The highest BCUT2D eigenvalue weighted by atomic mass is 16.2. The molecule has 0 bridgehead atoms. The van der Waals surface area contributed by atoms with Crippen LogP contribution in [0.25, 0.3) is 0 Å². The van der Waals surface area contributed by atoms with Crippen LogP contribution in [0.5, 0.6) is 0 Å². The molecule has 102 valence electrons. The summed E-state index contributed by atoms with van der Waals surface area (Å²) in [5, 5.41) is 6.31. The number of nitrogens with zero attached hydrogens (tertiary/aromatic N) is 1. The number of hydrogen-bond acceptors (Lipinski definition) is 2. The minimum Gasteiger partial charge on any atom is -0.334 e. The number of anilines is 1. The highest BCUT2D eigenvalue weighted by Gasteiger charge is 2.24. The lowest BCUT2D eigenvalue weighted by Gasteiger charge is -2.30. The predicted octanol–water partition coefficient (Wildman–Crippen LogP) is 2.12. The third kappa shape index (κ3) is 2.21. The number of carbonyl (C=O) groups excluding carboxylic acids is 1. The van der Waals surface area contributed by atoms with Gasteiger partial charge >= 0.3 is 6.03 Å². The summed E-state index contributed by atoms with van der Waals surface area (Å²) in [4.78, 5) is 13.5. The molecule has 0 saturated carbocycles. The van der Waals surface area contributed by atoms with Crippen LogP contribution in [-0.4, -0.2) is 26.2 Å². The molecule has 4 heteroatoms. The van der Waals surface area contributed by atoms with Crippen molar-refractivity contribution < 1.29 is 4.79 Å². The molecule has 2 amide bonds. The molecule has 1 aromatic carbocycles. The average Bonchev–Trinajstić information content (AvgIpc) is 2.44. The first-order valence-corrected chi connectivity index (χ1v) is 7.02. The largest absolute Gasteiger partial charge is 0.334 e. The number of carbonyl (C=O) groups is 1. The van der Waals surface area contributed by atoms with Crippen LogP contribution in [0.4, 0.5) is 10.5 Å². The van der Waals surface area contributed by atoms with Gasteiger partial charge in [0.2, 0.25) is 0 Å². The molecule has 2 aliphatic rings. The van der Waals surface area contributed by atoms with Gasteiger partial charge in [0, 0.05) is 13.6 Å². The second-order valence-corrected chi connectivity index (χ2v) is 5.58. The molecule has 0 unspecified atom stereocenters. The van der Waals surface area contributed by atoms with Crippen LogP contribution in [0.2, 0.25) is 0 Å². The number of hydrogen-bond donors (Lipinski definition) is 2. The molecule has 2 heterocycles. The Morgan fingerprint density at radius 1 is 1.26 bits per heavy atom. The Morgan fingerprint density at radius 3 is 2.74 bits per heavy atom. The Balaban J connectivity index is 1.99. The van der Waals surface area contributed by atoms with E-state index in [0.717, 1.165) is 18.8 Å². The smallest absolute Gasteiger partial charge is 0.321 e. The van der Waals surface area contributed by atoms with E-state index >= 15 is 0 Å². The zero-order valence-electron chi connectivity index (χ0n) is 11.6. The van der Waals surface area contributed by atoms with E-state index in [0.29, 0.717) is 12.5 Å². The second kappa shape index (κ2) is 4.85. The summed E-state index contributed by atoms with van der Waals surface area (Å²) < 4.78 is 0. The lowest BCUT2D eigenvalue weighted by molar-refractivity contribution is 0.246. The second-order valence-electron chi connectivity index (χ2n) is 5.58. The number of piperidine rings is 1. The summed E-state index contributed by atoms with van der Waals surface area (Å²) in [7, 11) is 1.85. The molecule has 19 heavy (non-hydrogen) atoms. The van der Waals surface area contributed by atoms with Crippen molar-refractivity contribution in [3.63, 3.8) is 0 Å². The Morgan fingerprint density at radius 2 is 2.00 bits per heavy atom. The average molecular weight is 259 g/mol. The van der Waals surface area contributed by atoms with Crippen molar-refractivity contribution >= 4 is 11.7 Å². The molecule has 0 aromatic heterocycles. The third-order valence-electron chi connectivity index (χ3n) is 4.36. The van der Waals surface area contributed by atoms with Crippen molar-refractivity contribution in [2.75, 3.05) is 25.0 Å². The van der Waals surface area contributed by atoms with Crippen molar-refractivity contribution in [2.45, 2.75) is 32.2 Å². The Labute approximate surface area is 114 Å². The minimum absolute atomic E-state index is 0.00522. The van der Waals surface area contributed by atoms with E-state index in [2.05, 4.69) is 29.7 Å². The van der Waals surface area contributed by atoms with Crippen LogP contribution in [0.3, 0.4) is 0 Å². The maximum Gasteiger partial charge on any atom is 0.321 e. The van der Waals surface area contributed by atoms with Gasteiger partial charge in [-0.2, -0.15) is 0 Å². The quantitative estimate of drug-likeness (QED) is 0.811. The Bertz CT molecular complexity index is 506. The first-order chi connectivity index (χ1) is 9.16. The Kier molecular flexibility index (Phi) is 3.19. The molecule has 1 saturated heterocycles.